The van der Waals surface area contributed by atoms with E-state index in [2.05, 4.69) is 46.4 Å². The highest BCUT2D eigenvalue weighted by molar-refractivity contribution is 8.08. The van der Waals surface area contributed by atoms with Crippen molar-refractivity contribution in [3.05, 3.63) is 59.2 Å². The highest BCUT2D eigenvalue weighted by atomic mass is 32.2. The summed E-state index contributed by atoms with van der Waals surface area (Å²) in [5.41, 5.74) is 12.6. The molecule has 202 valence electrons. The molecule has 2 aromatic heterocycles. The topological polar surface area (TPSA) is 56.2 Å². The van der Waals surface area contributed by atoms with E-state index in [0.29, 0.717) is 5.92 Å². The summed E-state index contributed by atoms with van der Waals surface area (Å²) in [6.45, 7) is 27.4. The number of rotatable bonds is 8. The average Bonchev–Trinajstić information content (AvgIpc) is 3.24. The lowest BCUT2D eigenvalue weighted by Crippen LogP contribution is -2.06. The van der Waals surface area contributed by atoms with Crippen LogP contribution in [0.4, 0.5) is 4.39 Å². The van der Waals surface area contributed by atoms with Crippen molar-refractivity contribution in [1.82, 2.24) is 14.6 Å². The number of nitrogens with zero attached hydrogens (tertiary/aromatic N) is 3. The second-order valence-electron chi connectivity index (χ2n) is 6.93. The summed E-state index contributed by atoms with van der Waals surface area (Å²) in [7, 11) is 0. The third kappa shape index (κ3) is 12.4. The van der Waals surface area contributed by atoms with E-state index in [0.717, 1.165) is 46.2 Å². The van der Waals surface area contributed by atoms with Gasteiger partial charge in [-0.05, 0) is 52.5 Å². The first-order chi connectivity index (χ1) is 16.9. The minimum Gasteiger partial charge on any atom is -0.404 e. The Hall–Kier alpha value is -2.08. The molecule has 6 heteroatoms. The van der Waals surface area contributed by atoms with Gasteiger partial charge >= 0.3 is 0 Å². The molecule has 0 radical (unpaired) electrons. The van der Waals surface area contributed by atoms with Crippen molar-refractivity contribution in [2.24, 2.45) is 5.73 Å². The number of fused-ring (bicyclic) bond motifs is 1. The molecular formula is C29H53FN4S. The average molecular weight is 509 g/mol. The maximum absolute atomic E-state index is 10.6. The highest BCUT2D eigenvalue weighted by Crippen LogP contribution is 2.34. The van der Waals surface area contributed by atoms with Gasteiger partial charge in [-0.2, -0.15) is 5.10 Å². The van der Waals surface area contributed by atoms with Crippen LogP contribution in [0.2, 0.25) is 0 Å². The van der Waals surface area contributed by atoms with Gasteiger partial charge in [0, 0.05) is 17.5 Å². The Bertz CT molecular complexity index is 865. The van der Waals surface area contributed by atoms with E-state index in [1.807, 2.05) is 59.9 Å². The number of halogens is 1. The molecule has 0 bridgehead atoms. The molecule has 0 spiro atoms. The Labute approximate surface area is 220 Å². The number of alkyl halides is 1. The van der Waals surface area contributed by atoms with Crippen molar-refractivity contribution >= 4 is 22.3 Å². The molecule has 0 aliphatic rings. The maximum atomic E-state index is 10.6. The van der Waals surface area contributed by atoms with Gasteiger partial charge < -0.3 is 5.73 Å². The SMILES string of the molecule is C/C=C(\C)CS/C(=C\N)c1c(C)nc2c(C(CC)CC)cc(C)nn12.C=CCF.CC.CC.CC. The normalized spacial score (nSPS) is 10.7. The van der Waals surface area contributed by atoms with Crippen LogP contribution in [0.25, 0.3) is 10.6 Å². The van der Waals surface area contributed by atoms with Gasteiger partial charge in [-0.3, -0.25) is 0 Å². The van der Waals surface area contributed by atoms with Crippen LogP contribution in [-0.2, 0) is 0 Å². The van der Waals surface area contributed by atoms with E-state index in [1.54, 1.807) is 18.0 Å². The maximum Gasteiger partial charge on any atom is 0.158 e. The molecule has 2 heterocycles. The highest BCUT2D eigenvalue weighted by Gasteiger charge is 2.20. The number of imidazole rings is 1. The van der Waals surface area contributed by atoms with Crippen LogP contribution in [-0.4, -0.2) is 27.0 Å². The fourth-order valence-corrected chi connectivity index (χ4v) is 4.08. The zero-order valence-electron chi connectivity index (χ0n) is 24.6. The van der Waals surface area contributed by atoms with Gasteiger partial charge in [0.05, 0.1) is 16.3 Å². The standard InChI is InChI=1S/C20H30N4S.C3H5F.3C2H6/c1-7-13(4)12-25-18(11-21)19-15(6)22-20-17(16(8-2)9-3)10-14(5)23-24(19)20;1-2-3-4;3*1-2/h7,10-11,16H,8-9,12,21H2,1-6H3;2H,1,3H2;3*1-2H3/b13-7+,18-11-;;;;. The molecule has 0 amide bonds. The third-order valence-corrected chi connectivity index (χ3v) is 6.02. The molecule has 2 N–H and O–H groups in total. The number of allylic oxidation sites excluding steroid dienone is 2. The fraction of sp³-hybridized carbons (Fsp3) is 0.586. The van der Waals surface area contributed by atoms with Gasteiger partial charge in [0.25, 0.3) is 0 Å². The zero-order valence-corrected chi connectivity index (χ0v) is 25.4. The molecule has 0 aromatic carbocycles. The summed E-state index contributed by atoms with van der Waals surface area (Å²) in [5, 5.41) is 4.75. The predicted octanol–water partition coefficient (Wildman–Crippen LogP) is 9.43. The molecule has 0 fully saturated rings. The third-order valence-electron chi connectivity index (χ3n) is 4.78. The lowest BCUT2D eigenvalue weighted by atomic mass is 9.95. The van der Waals surface area contributed by atoms with Crippen LogP contribution in [0.1, 0.15) is 111 Å². The van der Waals surface area contributed by atoms with E-state index in [-0.39, 0.29) is 0 Å². The number of nitrogens with two attached hydrogens (primary N) is 1. The quantitative estimate of drug-likeness (QED) is 0.361. The van der Waals surface area contributed by atoms with Crippen molar-refractivity contribution < 1.29 is 4.39 Å². The summed E-state index contributed by atoms with van der Waals surface area (Å²) in [5.74, 6) is 1.42. The zero-order chi connectivity index (χ0) is 28.0. The number of hydrogen-bond acceptors (Lipinski definition) is 4. The van der Waals surface area contributed by atoms with E-state index in [4.69, 9.17) is 15.8 Å². The molecule has 0 saturated heterocycles. The second-order valence-corrected chi connectivity index (χ2v) is 7.95. The smallest absolute Gasteiger partial charge is 0.158 e. The number of aromatic nitrogens is 3. The van der Waals surface area contributed by atoms with E-state index >= 15 is 0 Å². The van der Waals surface area contributed by atoms with E-state index < -0.39 is 6.67 Å². The Morgan fingerprint density at radius 3 is 2.06 bits per heavy atom. The second kappa shape index (κ2) is 23.7. The van der Waals surface area contributed by atoms with Crippen LogP contribution < -0.4 is 5.73 Å². The Kier molecular flexibility index (Phi) is 25.3. The summed E-state index contributed by atoms with van der Waals surface area (Å²) in [6, 6.07) is 2.19. The summed E-state index contributed by atoms with van der Waals surface area (Å²) in [6.07, 6.45) is 7.23. The van der Waals surface area contributed by atoms with Crippen molar-refractivity contribution in [2.75, 3.05) is 12.4 Å². The van der Waals surface area contributed by atoms with Gasteiger partial charge in [-0.25, -0.2) is 13.9 Å². The van der Waals surface area contributed by atoms with Gasteiger partial charge in [-0.1, -0.05) is 73.1 Å². The lowest BCUT2D eigenvalue weighted by molar-refractivity contribution is 0.562. The molecule has 4 nitrogen and oxygen atoms in total. The van der Waals surface area contributed by atoms with E-state index in [9.17, 15) is 4.39 Å². The van der Waals surface area contributed by atoms with Gasteiger partial charge in [0.15, 0.2) is 5.65 Å². The molecular weight excluding hydrogens is 455 g/mol. The van der Waals surface area contributed by atoms with Gasteiger partial charge in [0.2, 0.25) is 0 Å². The first-order valence-corrected chi connectivity index (χ1v) is 14.1. The van der Waals surface area contributed by atoms with Crippen molar-refractivity contribution in [3.63, 3.8) is 0 Å². The summed E-state index contributed by atoms with van der Waals surface area (Å²) >= 11 is 1.74. The summed E-state index contributed by atoms with van der Waals surface area (Å²) in [4.78, 5) is 5.89. The van der Waals surface area contributed by atoms with Gasteiger partial charge in [0.1, 0.15) is 12.4 Å². The first-order valence-electron chi connectivity index (χ1n) is 13.1. The van der Waals surface area contributed by atoms with E-state index in [1.165, 1.54) is 17.2 Å². The molecule has 0 aliphatic heterocycles. The van der Waals surface area contributed by atoms with Crippen LogP contribution in [0.3, 0.4) is 0 Å². The Morgan fingerprint density at radius 1 is 1.14 bits per heavy atom. The monoisotopic (exact) mass is 508 g/mol. The molecule has 2 rings (SSSR count). The minimum atomic E-state index is -0.417. The van der Waals surface area contributed by atoms with Gasteiger partial charge in [-0.15, -0.1) is 18.3 Å². The van der Waals surface area contributed by atoms with Crippen LogP contribution in [0.5, 0.6) is 0 Å². The molecule has 0 unspecified atom stereocenters. The van der Waals surface area contributed by atoms with Crippen LogP contribution in [0.15, 0.2) is 36.6 Å². The predicted molar refractivity (Wildman–Crippen MR) is 160 cm³/mol. The van der Waals surface area contributed by atoms with Crippen molar-refractivity contribution in [1.29, 1.82) is 0 Å². The first kappa shape index (κ1) is 37.5. The van der Waals surface area contributed by atoms with Crippen LogP contribution >= 0.6 is 11.8 Å². The lowest BCUT2D eigenvalue weighted by Gasteiger charge is -2.15. The molecule has 35 heavy (non-hydrogen) atoms. The number of aryl methyl sites for hydroxylation is 2. The number of hydrogen-bond donors (Lipinski definition) is 1. The fourth-order valence-electron chi connectivity index (χ4n) is 3.06. The largest absolute Gasteiger partial charge is 0.404 e. The molecule has 0 atom stereocenters. The Balaban J connectivity index is -0.000000892. The Morgan fingerprint density at radius 2 is 1.66 bits per heavy atom. The molecule has 2 aromatic rings. The van der Waals surface area contributed by atoms with Crippen LogP contribution in [0, 0.1) is 13.8 Å². The van der Waals surface area contributed by atoms with Crippen molar-refractivity contribution in [2.45, 2.75) is 102 Å². The molecule has 0 aliphatic carbocycles. The summed E-state index contributed by atoms with van der Waals surface area (Å²) < 4.78 is 12.6. The minimum absolute atomic E-state index is 0.417. The van der Waals surface area contributed by atoms with Crippen molar-refractivity contribution in [3.8, 4) is 0 Å². The molecule has 0 saturated carbocycles. The number of thioether (sulfide) groups is 1.